The number of rotatable bonds is 24. The number of phenols is 1. The SMILES string of the molecule is CCC1(c2cccc(OC(=O)Nc3ccc(C(=O)O)cc3)c2)CCCCN(C)C1.CCC1(c2cccc(OC(=O)Nc3ccc(C(=O)Oc4ccc(C(=O)O)cc4)cc3)c2)CCCCN(C)C1.CCC1(c2cccc(OC(=O)Nc3ccc(C(=O)Oc4ccc(C(=O)OCc5ccccc5)cc4)cc3)c2)CCCCN(C)C1.Cl.O=C(OCc1ccccc1)c1ccc(O)cc1. The third-order valence-electron chi connectivity index (χ3n) is 23.3. The molecule has 3 atom stereocenters. The minimum Gasteiger partial charge on any atom is -0.508 e. The number of esters is 4. The number of nitrogens with zero attached hydrogens (tertiary/aromatic N) is 3. The highest BCUT2D eigenvalue weighted by atomic mass is 35.5. The number of carboxylic acid groups (broad SMARTS) is 2. The zero-order valence-electron chi connectivity index (χ0n) is 73.8. The van der Waals surface area contributed by atoms with Gasteiger partial charge in [-0.05, 0) is 308 Å². The Kier molecular flexibility index (Phi) is 36.5. The van der Waals surface area contributed by atoms with Crippen molar-refractivity contribution in [2.24, 2.45) is 0 Å². The van der Waals surface area contributed by atoms with Crippen molar-refractivity contribution in [3.05, 3.63) is 340 Å². The molecule has 26 heteroatoms. The predicted octanol–water partition coefficient (Wildman–Crippen LogP) is 21.5. The molecule has 25 nitrogen and oxygen atoms in total. The molecule has 0 spiro atoms. The maximum absolute atomic E-state index is 12.7. The number of hydrogen-bond acceptors (Lipinski definition) is 20. The fourth-order valence-electron chi connectivity index (χ4n) is 16.1. The topological polar surface area (TPSA) is 325 Å². The van der Waals surface area contributed by atoms with Gasteiger partial charge in [0, 0.05) is 52.9 Å². The lowest BCUT2D eigenvalue weighted by molar-refractivity contribution is 0.0464. The molecular formula is C104H111ClN6O19. The average molecular weight is 1780 g/mol. The summed E-state index contributed by atoms with van der Waals surface area (Å²) in [6.45, 7) is 13.3. The Labute approximate surface area is 764 Å². The van der Waals surface area contributed by atoms with Gasteiger partial charge in [0.25, 0.3) is 0 Å². The van der Waals surface area contributed by atoms with Gasteiger partial charge in [0.15, 0.2) is 0 Å². The second-order valence-corrected chi connectivity index (χ2v) is 32.5. The summed E-state index contributed by atoms with van der Waals surface area (Å²) >= 11 is 0. The maximum atomic E-state index is 12.7. The van der Waals surface area contributed by atoms with E-state index in [9.17, 15) is 43.2 Å². The van der Waals surface area contributed by atoms with E-state index in [1.807, 2.05) is 97.1 Å². The number of carbonyl (C=O) groups excluding carboxylic acids is 7. The van der Waals surface area contributed by atoms with Gasteiger partial charge in [-0.3, -0.25) is 16.0 Å². The van der Waals surface area contributed by atoms with Crippen LogP contribution in [-0.2, 0) is 38.9 Å². The zero-order chi connectivity index (χ0) is 91.7. The number of amides is 3. The molecule has 3 unspecified atom stereocenters. The number of phenolic OH excluding ortho intramolecular Hbond substituents is 1. The molecule has 6 N–H and O–H groups in total. The van der Waals surface area contributed by atoms with Crippen LogP contribution in [-0.4, -0.2) is 145 Å². The van der Waals surface area contributed by atoms with Crippen molar-refractivity contribution in [2.75, 3.05) is 76.4 Å². The first-order chi connectivity index (χ1) is 62.3. The molecule has 11 aromatic rings. The van der Waals surface area contributed by atoms with E-state index in [1.165, 1.54) is 152 Å². The maximum Gasteiger partial charge on any atom is 0.417 e. The standard InChI is InChI=1S/C37H38N2O6.C30H32N2O6.C23H28N2O4.C14H12O3.ClH/c1-3-37(22-7-8-23-39(2)26-37)30-12-9-13-33(24-30)45-36(42)38-31-18-14-29(15-19-31)35(41)44-32-20-16-28(17-21-32)34(40)43-25-27-10-5-4-6-11-27;1-3-30(17-4-5-18-32(2)20-30)23-7-6-8-26(19-23)38-29(36)31-24-13-9-22(10-14-24)28(35)37-25-15-11-21(12-16-25)27(33)34;1-3-23(13-4-5-14-25(2)16-23)18-7-6-8-20(15-18)29-22(28)24-19-11-9-17(10-12-19)21(26)27;15-13-8-6-12(7-9-13)14(16)17-10-11-4-2-1-3-5-11;/h4-6,9-21,24H,3,7-8,22-23,25-26H2,1-2H3,(H,38,42);6-16,19H,3-5,17-18,20H2,1-2H3,(H,31,36)(H,33,34);6-12,15H,3-5,13-14,16H2,1-2H3,(H,24,28)(H,26,27);1-9,15H,10H2;1H. The van der Waals surface area contributed by atoms with Crippen LogP contribution in [0.15, 0.2) is 279 Å². The Morgan fingerprint density at radius 2 is 0.592 bits per heavy atom. The molecule has 3 fully saturated rings. The zero-order valence-corrected chi connectivity index (χ0v) is 74.6. The molecule has 11 aromatic carbocycles. The number of nitrogens with one attached hydrogen (secondary N) is 3. The van der Waals surface area contributed by atoms with Crippen molar-refractivity contribution in [3.63, 3.8) is 0 Å². The molecule has 3 saturated heterocycles. The van der Waals surface area contributed by atoms with Crippen LogP contribution in [0.5, 0.6) is 34.5 Å². The summed E-state index contributed by atoms with van der Waals surface area (Å²) in [4.78, 5) is 116. The number of carboxylic acids is 2. The van der Waals surface area contributed by atoms with Gasteiger partial charge in [-0.15, -0.1) is 12.4 Å². The van der Waals surface area contributed by atoms with E-state index in [4.69, 9.17) is 48.5 Å². The Bertz CT molecular complexity index is 5580. The highest BCUT2D eigenvalue weighted by Crippen LogP contribution is 2.41. The minimum absolute atomic E-state index is 0. The van der Waals surface area contributed by atoms with Gasteiger partial charge >= 0.3 is 54.1 Å². The number of likely N-dealkylation sites (tertiary alicyclic amines) is 3. The number of aromatic carboxylic acids is 2. The molecule has 0 aromatic heterocycles. The molecule has 14 rings (SSSR count). The van der Waals surface area contributed by atoms with Crippen LogP contribution in [0.3, 0.4) is 0 Å². The number of anilines is 3. The normalized spacial score (nSPS) is 16.7. The first-order valence-corrected chi connectivity index (χ1v) is 43.2. The fraction of sp³-hybridized carbons (Fsp3) is 0.279. The Morgan fingerprint density at radius 3 is 0.892 bits per heavy atom. The quantitative estimate of drug-likeness (QED) is 0.0242. The van der Waals surface area contributed by atoms with Crippen molar-refractivity contribution in [3.8, 4) is 34.5 Å². The minimum atomic E-state index is -1.06. The van der Waals surface area contributed by atoms with Gasteiger partial charge in [-0.2, -0.15) is 0 Å². The van der Waals surface area contributed by atoms with Gasteiger partial charge < -0.3 is 63.2 Å². The lowest BCUT2D eigenvalue weighted by Crippen LogP contribution is -2.37. The van der Waals surface area contributed by atoms with E-state index >= 15 is 0 Å². The van der Waals surface area contributed by atoms with Gasteiger partial charge in [-0.1, -0.05) is 137 Å². The molecule has 0 saturated carbocycles. The molecule has 3 aliphatic heterocycles. The van der Waals surface area contributed by atoms with Crippen molar-refractivity contribution >= 4 is 83.6 Å². The van der Waals surface area contributed by atoms with Crippen molar-refractivity contribution < 1.29 is 91.6 Å². The lowest BCUT2D eigenvalue weighted by Gasteiger charge is -2.35. The second kappa shape index (κ2) is 48.3. The second-order valence-electron chi connectivity index (χ2n) is 32.5. The summed E-state index contributed by atoms with van der Waals surface area (Å²) in [5.41, 5.74) is 8.55. The van der Waals surface area contributed by atoms with Gasteiger partial charge in [0.05, 0.1) is 33.4 Å². The third-order valence-corrected chi connectivity index (χ3v) is 23.3. The Morgan fingerprint density at radius 1 is 0.315 bits per heavy atom. The van der Waals surface area contributed by atoms with Crippen LogP contribution in [0, 0.1) is 0 Å². The molecular weight excluding hydrogens is 1670 g/mol. The van der Waals surface area contributed by atoms with Crippen LogP contribution >= 0.6 is 12.4 Å². The van der Waals surface area contributed by atoms with Crippen LogP contribution in [0.25, 0.3) is 0 Å². The first-order valence-electron chi connectivity index (χ1n) is 43.2. The van der Waals surface area contributed by atoms with E-state index < -0.39 is 54.1 Å². The number of hydrogen-bond donors (Lipinski definition) is 6. The Hall–Kier alpha value is -14.0. The number of halogens is 1. The van der Waals surface area contributed by atoms with E-state index in [0.29, 0.717) is 51.0 Å². The largest absolute Gasteiger partial charge is 0.508 e. The molecule has 3 aliphatic rings. The summed E-state index contributed by atoms with van der Waals surface area (Å²) in [7, 11) is 6.49. The van der Waals surface area contributed by atoms with E-state index in [2.05, 4.69) is 90.8 Å². The van der Waals surface area contributed by atoms with Gasteiger partial charge in [-0.25, -0.2) is 43.2 Å². The smallest absolute Gasteiger partial charge is 0.417 e. The van der Waals surface area contributed by atoms with Crippen molar-refractivity contribution in [1.29, 1.82) is 0 Å². The number of benzene rings is 11. The molecule has 0 radical (unpaired) electrons. The highest BCUT2D eigenvalue weighted by molar-refractivity contribution is 5.95. The molecule has 0 bridgehead atoms. The summed E-state index contributed by atoms with van der Waals surface area (Å²) < 4.78 is 37.9. The monoisotopic (exact) mass is 1780 g/mol. The first kappa shape index (κ1) is 98.2. The van der Waals surface area contributed by atoms with Gasteiger partial charge in [0.1, 0.15) is 47.7 Å². The molecule has 0 aliphatic carbocycles. The predicted molar refractivity (Wildman–Crippen MR) is 501 cm³/mol. The fourth-order valence-corrected chi connectivity index (χ4v) is 16.1. The van der Waals surface area contributed by atoms with Crippen LogP contribution in [0.4, 0.5) is 31.4 Å². The summed E-state index contributed by atoms with van der Waals surface area (Å²) in [6.07, 6.45) is 11.7. The van der Waals surface area contributed by atoms with Gasteiger partial charge in [0.2, 0.25) is 0 Å². The van der Waals surface area contributed by atoms with Crippen molar-refractivity contribution in [2.45, 2.75) is 127 Å². The number of carbonyl (C=O) groups is 9. The van der Waals surface area contributed by atoms with E-state index in [1.54, 1.807) is 66.7 Å². The number of aromatic hydroxyl groups is 1. The highest BCUT2D eigenvalue weighted by Gasteiger charge is 2.37. The summed E-state index contributed by atoms with van der Waals surface area (Å²) in [5.74, 6) is -2.00. The average Bonchev–Trinajstić information content (AvgIpc) is 1.24. The number of likely N-dealkylation sites (N-methyl/N-ethyl adjacent to an activating group) is 3. The molecule has 130 heavy (non-hydrogen) atoms. The summed E-state index contributed by atoms with van der Waals surface area (Å²) in [6, 6.07) is 78.4. The van der Waals surface area contributed by atoms with Crippen molar-refractivity contribution in [1.82, 2.24) is 14.7 Å². The lowest BCUT2D eigenvalue weighted by atomic mass is 9.74. The summed E-state index contributed by atoms with van der Waals surface area (Å²) in [5, 5.41) is 35.0. The Balaban J connectivity index is 0.000000188. The van der Waals surface area contributed by atoms with Crippen LogP contribution in [0.2, 0.25) is 0 Å². The molecule has 3 amide bonds. The van der Waals surface area contributed by atoms with Crippen LogP contribution < -0.4 is 39.6 Å². The molecule has 3 heterocycles. The third kappa shape index (κ3) is 29.0. The number of ether oxygens (including phenoxy) is 7. The van der Waals surface area contributed by atoms with E-state index in [-0.39, 0.29) is 75.8 Å². The van der Waals surface area contributed by atoms with Crippen LogP contribution in [0.1, 0.15) is 188 Å². The molecule has 678 valence electrons. The van der Waals surface area contributed by atoms with E-state index in [0.717, 1.165) is 88.9 Å².